The Morgan fingerprint density at radius 3 is 2.67 bits per heavy atom. The van der Waals surface area contributed by atoms with Crippen LogP contribution in [0.2, 0.25) is 0 Å². The smallest absolute Gasteiger partial charge is 0.0616 e. The molecule has 1 rings (SSSR count). The van der Waals surface area contributed by atoms with Crippen LogP contribution >= 0.6 is 0 Å². The third-order valence-corrected chi connectivity index (χ3v) is 3.45. The minimum Gasteiger partial charge on any atom is -0.396 e. The number of aliphatic hydroxyl groups excluding tert-OH is 1. The number of hydrogen-bond donors (Lipinski definition) is 2. The van der Waals surface area contributed by atoms with E-state index in [4.69, 9.17) is 9.84 Å². The fraction of sp³-hybridized carbons (Fsp3) is 1.00. The Kier molecular flexibility index (Phi) is 5.58. The molecule has 0 amide bonds. The lowest BCUT2D eigenvalue weighted by atomic mass is 9.66. The van der Waals surface area contributed by atoms with E-state index in [-0.39, 0.29) is 0 Å². The van der Waals surface area contributed by atoms with Gasteiger partial charge in [0, 0.05) is 25.8 Å². The maximum atomic E-state index is 9.02. The summed E-state index contributed by atoms with van der Waals surface area (Å²) in [5.74, 6) is 0. The van der Waals surface area contributed by atoms with Crippen LogP contribution in [0.25, 0.3) is 0 Å². The van der Waals surface area contributed by atoms with Crippen LogP contribution < -0.4 is 5.32 Å². The number of nitrogens with one attached hydrogen (secondary N) is 1. The van der Waals surface area contributed by atoms with E-state index >= 15 is 0 Å². The number of rotatable bonds is 8. The third-order valence-electron chi connectivity index (χ3n) is 3.45. The number of aliphatic hydroxyl groups is 1. The normalized spacial score (nSPS) is 21.0. The minimum atomic E-state index is 0.321. The van der Waals surface area contributed by atoms with Crippen molar-refractivity contribution in [3.63, 3.8) is 0 Å². The van der Waals surface area contributed by atoms with Crippen LogP contribution in [-0.2, 0) is 4.74 Å². The molecule has 0 bridgehead atoms. The van der Waals surface area contributed by atoms with E-state index < -0.39 is 0 Å². The molecule has 1 aliphatic carbocycles. The molecule has 1 unspecified atom stereocenters. The monoisotopic (exact) mass is 215 g/mol. The molecule has 90 valence electrons. The van der Waals surface area contributed by atoms with Crippen molar-refractivity contribution in [3.8, 4) is 0 Å². The van der Waals surface area contributed by atoms with E-state index in [2.05, 4.69) is 12.2 Å². The highest BCUT2D eigenvalue weighted by Crippen LogP contribution is 2.43. The first kappa shape index (κ1) is 12.9. The first-order valence-corrected chi connectivity index (χ1v) is 6.14. The molecular formula is C12H25NO2. The van der Waals surface area contributed by atoms with Crippen LogP contribution in [-0.4, -0.2) is 37.5 Å². The van der Waals surface area contributed by atoms with Crippen molar-refractivity contribution in [3.05, 3.63) is 0 Å². The molecule has 0 saturated heterocycles. The molecule has 0 spiro atoms. The van der Waals surface area contributed by atoms with E-state index in [1.54, 1.807) is 0 Å². The van der Waals surface area contributed by atoms with Crippen LogP contribution in [0.5, 0.6) is 0 Å². The molecule has 0 aromatic rings. The van der Waals surface area contributed by atoms with Crippen molar-refractivity contribution in [2.75, 3.05) is 26.4 Å². The quantitative estimate of drug-likeness (QED) is 0.645. The predicted molar refractivity (Wildman–Crippen MR) is 61.9 cm³/mol. The highest BCUT2D eigenvalue weighted by Gasteiger charge is 2.36. The lowest BCUT2D eigenvalue weighted by Gasteiger charge is -2.42. The van der Waals surface area contributed by atoms with Crippen molar-refractivity contribution < 1.29 is 9.84 Å². The largest absolute Gasteiger partial charge is 0.396 e. The zero-order valence-corrected chi connectivity index (χ0v) is 10.1. The van der Waals surface area contributed by atoms with E-state index in [9.17, 15) is 0 Å². The number of ether oxygens (including phenoxy) is 1. The molecule has 1 fully saturated rings. The summed E-state index contributed by atoms with van der Waals surface area (Å²) in [6.07, 6.45) is 4.80. The van der Waals surface area contributed by atoms with Crippen molar-refractivity contribution in [1.29, 1.82) is 0 Å². The molecule has 3 heteroatoms. The molecule has 0 aromatic heterocycles. The van der Waals surface area contributed by atoms with Gasteiger partial charge in [0.15, 0.2) is 0 Å². The van der Waals surface area contributed by atoms with Gasteiger partial charge in [0.1, 0.15) is 0 Å². The van der Waals surface area contributed by atoms with Gasteiger partial charge >= 0.3 is 0 Å². The molecule has 2 N–H and O–H groups in total. The topological polar surface area (TPSA) is 41.5 Å². The first-order chi connectivity index (χ1) is 7.22. The SMILES string of the molecule is CCOCC(C)NCC1(CCO)CCC1. The fourth-order valence-electron chi connectivity index (χ4n) is 2.17. The van der Waals surface area contributed by atoms with Crippen molar-refractivity contribution in [2.45, 2.75) is 45.6 Å². The van der Waals surface area contributed by atoms with Crippen LogP contribution in [0.4, 0.5) is 0 Å². The van der Waals surface area contributed by atoms with Gasteiger partial charge in [-0.05, 0) is 38.5 Å². The van der Waals surface area contributed by atoms with Crippen LogP contribution in [0, 0.1) is 5.41 Å². The summed E-state index contributed by atoms with van der Waals surface area (Å²) >= 11 is 0. The molecule has 15 heavy (non-hydrogen) atoms. The summed E-state index contributed by atoms with van der Waals surface area (Å²) < 4.78 is 5.36. The lowest BCUT2D eigenvalue weighted by Crippen LogP contribution is -2.44. The van der Waals surface area contributed by atoms with Crippen LogP contribution in [0.1, 0.15) is 39.5 Å². The van der Waals surface area contributed by atoms with E-state index in [1.165, 1.54) is 19.3 Å². The van der Waals surface area contributed by atoms with Gasteiger partial charge in [0.2, 0.25) is 0 Å². The molecule has 0 aliphatic heterocycles. The standard InChI is InChI=1S/C12H25NO2/c1-3-15-9-11(2)13-10-12(7-8-14)5-4-6-12/h11,13-14H,3-10H2,1-2H3. The Hall–Kier alpha value is -0.120. The van der Waals surface area contributed by atoms with Crippen molar-refractivity contribution in [2.24, 2.45) is 5.41 Å². The summed E-state index contributed by atoms with van der Waals surface area (Å²) in [5, 5.41) is 12.5. The molecule has 3 nitrogen and oxygen atoms in total. The number of hydrogen-bond acceptors (Lipinski definition) is 3. The Bertz CT molecular complexity index is 169. The summed E-state index contributed by atoms with van der Waals surface area (Å²) in [4.78, 5) is 0. The van der Waals surface area contributed by atoms with Gasteiger partial charge in [0.05, 0.1) is 6.61 Å². The van der Waals surface area contributed by atoms with Gasteiger partial charge < -0.3 is 15.2 Å². The maximum absolute atomic E-state index is 9.02. The Morgan fingerprint density at radius 2 is 2.20 bits per heavy atom. The van der Waals surface area contributed by atoms with Crippen molar-refractivity contribution in [1.82, 2.24) is 5.32 Å². The molecule has 0 heterocycles. The van der Waals surface area contributed by atoms with Gasteiger partial charge in [-0.3, -0.25) is 0 Å². The summed E-state index contributed by atoms with van der Waals surface area (Å²) in [6.45, 7) is 7.09. The molecule has 1 saturated carbocycles. The predicted octanol–water partition coefficient (Wildman–Crippen LogP) is 1.55. The fourth-order valence-corrected chi connectivity index (χ4v) is 2.17. The van der Waals surface area contributed by atoms with Gasteiger partial charge in [-0.25, -0.2) is 0 Å². The zero-order valence-electron chi connectivity index (χ0n) is 10.1. The van der Waals surface area contributed by atoms with Gasteiger partial charge in [-0.1, -0.05) is 6.42 Å². The van der Waals surface area contributed by atoms with Gasteiger partial charge in [-0.2, -0.15) is 0 Å². The molecule has 0 aromatic carbocycles. The first-order valence-electron chi connectivity index (χ1n) is 6.14. The van der Waals surface area contributed by atoms with Gasteiger partial charge in [-0.15, -0.1) is 0 Å². The van der Waals surface area contributed by atoms with Crippen LogP contribution in [0.3, 0.4) is 0 Å². The van der Waals surface area contributed by atoms with E-state index in [1.807, 2.05) is 6.92 Å². The van der Waals surface area contributed by atoms with Crippen molar-refractivity contribution >= 4 is 0 Å². The molecule has 1 atom stereocenters. The zero-order chi connectivity index (χ0) is 11.1. The Labute approximate surface area is 93.2 Å². The molecular weight excluding hydrogens is 190 g/mol. The molecule has 1 aliphatic rings. The highest BCUT2D eigenvalue weighted by molar-refractivity contribution is 4.89. The maximum Gasteiger partial charge on any atom is 0.0616 e. The summed E-state index contributed by atoms with van der Waals surface area (Å²) in [6, 6.07) is 0.418. The Balaban J connectivity index is 2.16. The van der Waals surface area contributed by atoms with Gasteiger partial charge in [0.25, 0.3) is 0 Å². The van der Waals surface area contributed by atoms with Crippen LogP contribution in [0.15, 0.2) is 0 Å². The molecule has 0 radical (unpaired) electrons. The Morgan fingerprint density at radius 1 is 1.47 bits per heavy atom. The minimum absolute atomic E-state index is 0.321. The second-order valence-electron chi connectivity index (χ2n) is 4.77. The highest BCUT2D eigenvalue weighted by atomic mass is 16.5. The third kappa shape index (κ3) is 4.09. The average Bonchev–Trinajstić information content (AvgIpc) is 2.18. The van der Waals surface area contributed by atoms with E-state index in [0.29, 0.717) is 18.1 Å². The van der Waals surface area contributed by atoms with E-state index in [0.717, 1.165) is 26.2 Å². The summed E-state index contributed by atoms with van der Waals surface area (Å²) in [7, 11) is 0. The second-order valence-corrected chi connectivity index (χ2v) is 4.77. The lowest BCUT2D eigenvalue weighted by molar-refractivity contribution is 0.0721. The second kappa shape index (κ2) is 6.46. The average molecular weight is 215 g/mol. The summed E-state index contributed by atoms with van der Waals surface area (Å²) in [5.41, 5.74) is 0.384.